The summed E-state index contributed by atoms with van der Waals surface area (Å²) in [6, 6.07) is 3.31. The van der Waals surface area contributed by atoms with Crippen molar-refractivity contribution in [2.24, 2.45) is 0 Å². The first kappa shape index (κ1) is 12.8. The Morgan fingerprint density at radius 1 is 1.58 bits per heavy atom. The van der Waals surface area contributed by atoms with Gasteiger partial charge in [-0.25, -0.2) is 4.98 Å². The molecule has 3 rings (SSSR count). The second-order valence-electron chi connectivity index (χ2n) is 4.19. The van der Waals surface area contributed by atoms with Crippen LogP contribution in [0.3, 0.4) is 0 Å². The van der Waals surface area contributed by atoms with E-state index < -0.39 is 0 Å². The van der Waals surface area contributed by atoms with Crippen LogP contribution in [0.25, 0.3) is 10.2 Å². The largest absolute Gasteiger partial charge is 0.378 e. The Balaban J connectivity index is 1.86. The van der Waals surface area contributed by atoms with Crippen molar-refractivity contribution in [1.29, 1.82) is 0 Å². The molecule has 1 aliphatic rings. The second kappa shape index (κ2) is 5.42. The Labute approximate surface area is 118 Å². The van der Waals surface area contributed by atoms with Crippen LogP contribution in [0, 0.1) is 0 Å². The van der Waals surface area contributed by atoms with Gasteiger partial charge in [-0.2, -0.15) is 0 Å². The van der Waals surface area contributed by atoms with E-state index in [2.05, 4.69) is 15.6 Å². The molecular weight excluding hydrogens is 286 g/mol. The molecule has 0 radical (unpaired) electrons. The Bertz CT molecular complexity index is 610. The number of thiazole rings is 1. The van der Waals surface area contributed by atoms with Crippen molar-refractivity contribution in [3.63, 3.8) is 0 Å². The van der Waals surface area contributed by atoms with Crippen molar-refractivity contribution in [3.05, 3.63) is 22.7 Å². The Morgan fingerprint density at radius 2 is 2.47 bits per heavy atom. The summed E-state index contributed by atoms with van der Waals surface area (Å²) in [7, 11) is 0. The van der Waals surface area contributed by atoms with Crippen molar-refractivity contribution in [2.75, 3.05) is 25.1 Å². The maximum absolute atomic E-state index is 12.1. The fourth-order valence-corrected chi connectivity index (χ4v) is 2.85. The van der Waals surface area contributed by atoms with Crippen LogP contribution in [0.2, 0.25) is 5.02 Å². The number of anilines is 1. The van der Waals surface area contributed by atoms with E-state index in [9.17, 15) is 4.79 Å². The number of nitrogens with zero attached hydrogens (tertiary/aromatic N) is 1. The summed E-state index contributed by atoms with van der Waals surface area (Å²) in [5.74, 6) is -0.151. The second-order valence-corrected chi connectivity index (χ2v) is 5.49. The number of hydrogen-bond acceptors (Lipinski definition) is 5. The first-order valence-electron chi connectivity index (χ1n) is 5.89. The van der Waals surface area contributed by atoms with Gasteiger partial charge in [0, 0.05) is 6.54 Å². The first-order chi connectivity index (χ1) is 9.25. The predicted octanol–water partition coefficient (Wildman–Crippen LogP) is 1.88. The van der Waals surface area contributed by atoms with Crippen LogP contribution in [-0.2, 0) is 9.53 Å². The summed E-state index contributed by atoms with van der Waals surface area (Å²) in [6.07, 6.45) is 0. The number of carbonyl (C=O) groups excluding carboxylic acids is 1. The fraction of sp³-hybridized carbons (Fsp3) is 0.333. The number of rotatable bonds is 2. The summed E-state index contributed by atoms with van der Waals surface area (Å²) in [4.78, 5) is 16.4. The molecule has 1 aromatic heterocycles. The van der Waals surface area contributed by atoms with Crippen LogP contribution < -0.4 is 10.6 Å². The number of amides is 1. The summed E-state index contributed by atoms with van der Waals surface area (Å²) in [6.45, 7) is 1.68. The van der Waals surface area contributed by atoms with Gasteiger partial charge in [0.1, 0.15) is 11.6 Å². The number of hydrogen-bond donors (Lipinski definition) is 2. The number of nitrogens with one attached hydrogen (secondary N) is 2. The van der Waals surface area contributed by atoms with Gasteiger partial charge >= 0.3 is 0 Å². The average molecular weight is 298 g/mol. The lowest BCUT2D eigenvalue weighted by Gasteiger charge is -2.23. The van der Waals surface area contributed by atoms with Crippen molar-refractivity contribution in [3.8, 4) is 0 Å². The molecule has 0 aliphatic carbocycles. The highest BCUT2D eigenvalue weighted by Gasteiger charge is 2.22. The van der Waals surface area contributed by atoms with Gasteiger partial charge in [-0.3, -0.25) is 4.79 Å². The minimum Gasteiger partial charge on any atom is -0.378 e. The molecule has 0 saturated carbocycles. The van der Waals surface area contributed by atoms with Crippen LogP contribution in [0.5, 0.6) is 0 Å². The molecule has 1 aromatic carbocycles. The van der Waals surface area contributed by atoms with E-state index in [0.29, 0.717) is 30.5 Å². The van der Waals surface area contributed by atoms with Gasteiger partial charge < -0.3 is 15.4 Å². The van der Waals surface area contributed by atoms with E-state index in [-0.39, 0.29) is 11.9 Å². The highest BCUT2D eigenvalue weighted by atomic mass is 35.5. The van der Waals surface area contributed by atoms with Crippen LogP contribution >= 0.6 is 22.9 Å². The van der Waals surface area contributed by atoms with E-state index in [1.165, 1.54) is 11.3 Å². The Kier molecular flexibility index (Phi) is 3.65. The molecule has 1 fully saturated rings. The summed E-state index contributed by atoms with van der Waals surface area (Å²) in [5.41, 5.74) is 3.03. The highest BCUT2D eigenvalue weighted by molar-refractivity contribution is 7.16. The lowest BCUT2D eigenvalue weighted by atomic mass is 10.2. The molecule has 2 N–H and O–H groups in total. The first-order valence-corrected chi connectivity index (χ1v) is 7.15. The molecule has 5 nitrogen and oxygen atoms in total. The molecule has 100 valence electrons. The lowest BCUT2D eigenvalue weighted by Crippen LogP contribution is -2.48. The van der Waals surface area contributed by atoms with Gasteiger partial charge in [-0.05, 0) is 12.1 Å². The molecule has 2 heterocycles. The van der Waals surface area contributed by atoms with E-state index in [1.54, 1.807) is 11.6 Å². The summed E-state index contributed by atoms with van der Waals surface area (Å²) >= 11 is 7.65. The Morgan fingerprint density at radius 3 is 3.26 bits per heavy atom. The molecule has 2 aromatic rings. The minimum atomic E-state index is -0.348. The number of aromatic nitrogens is 1. The average Bonchev–Trinajstić information content (AvgIpc) is 2.91. The normalized spacial score (nSPS) is 19.5. The van der Waals surface area contributed by atoms with Crippen molar-refractivity contribution in [2.45, 2.75) is 6.04 Å². The van der Waals surface area contributed by atoms with Crippen LogP contribution in [0.4, 0.5) is 5.69 Å². The number of halogens is 1. The van der Waals surface area contributed by atoms with Crippen molar-refractivity contribution in [1.82, 2.24) is 10.3 Å². The van der Waals surface area contributed by atoms with Gasteiger partial charge in [-0.1, -0.05) is 11.6 Å². The van der Waals surface area contributed by atoms with E-state index in [1.807, 2.05) is 6.07 Å². The molecule has 0 bridgehead atoms. The molecule has 19 heavy (non-hydrogen) atoms. The zero-order valence-electron chi connectivity index (χ0n) is 9.98. The molecule has 1 unspecified atom stereocenters. The zero-order chi connectivity index (χ0) is 13.2. The van der Waals surface area contributed by atoms with Crippen LogP contribution in [-0.4, -0.2) is 36.7 Å². The number of ether oxygens (including phenoxy) is 1. The van der Waals surface area contributed by atoms with Crippen LogP contribution in [0.15, 0.2) is 17.6 Å². The van der Waals surface area contributed by atoms with Gasteiger partial charge in [0.2, 0.25) is 5.91 Å². The smallest absolute Gasteiger partial charge is 0.244 e. The maximum atomic E-state index is 12.1. The fourth-order valence-electron chi connectivity index (χ4n) is 1.97. The van der Waals surface area contributed by atoms with Crippen molar-refractivity contribution < 1.29 is 9.53 Å². The van der Waals surface area contributed by atoms with Crippen LogP contribution in [0.1, 0.15) is 0 Å². The van der Waals surface area contributed by atoms with Gasteiger partial charge in [0.05, 0.1) is 34.1 Å². The topological polar surface area (TPSA) is 63.2 Å². The number of benzene rings is 1. The predicted molar refractivity (Wildman–Crippen MR) is 75.9 cm³/mol. The quantitative estimate of drug-likeness (QED) is 0.888. The van der Waals surface area contributed by atoms with Gasteiger partial charge in [-0.15, -0.1) is 11.3 Å². The highest BCUT2D eigenvalue weighted by Crippen LogP contribution is 2.32. The maximum Gasteiger partial charge on any atom is 0.244 e. The molecule has 1 saturated heterocycles. The standard InChI is InChI=1S/C12H12ClN3O2S/c13-7-1-2-9-11(15-6-19-9)10(7)16-12(17)8-5-18-4-3-14-8/h1-2,6,8,14H,3-5H2,(H,16,17). The van der Waals surface area contributed by atoms with Gasteiger partial charge in [0.15, 0.2) is 0 Å². The summed E-state index contributed by atoms with van der Waals surface area (Å²) < 4.78 is 6.27. The third-order valence-corrected chi connectivity index (χ3v) is 4.05. The minimum absolute atomic E-state index is 0.151. The van der Waals surface area contributed by atoms with Crippen molar-refractivity contribution >= 4 is 44.7 Å². The molecule has 1 amide bonds. The lowest BCUT2D eigenvalue weighted by molar-refractivity contribution is -0.120. The monoisotopic (exact) mass is 297 g/mol. The summed E-state index contributed by atoms with van der Waals surface area (Å²) in [5, 5.41) is 6.43. The third kappa shape index (κ3) is 2.57. The Hall–Kier alpha value is -1.21. The number of morpholine rings is 1. The van der Waals surface area contributed by atoms with E-state index in [0.717, 1.165) is 10.2 Å². The SMILES string of the molecule is O=C(Nc1c(Cl)ccc2scnc12)C1COCCN1. The molecule has 1 aliphatic heterocycles. The zero-order valence-corrected chi connectivity index (χ0v) is 11.6. The van der Waals surface area contributed by atoms with Gasteiger partial charge in [0.25, 0.3) is 0 Å². The third-order valence-electron chi connectivity index (χ3n) is 2.94. The van der Waals surface area contributed by atoms with E-state index in [4.69, 9.17) is 16.3 Å². The number of fused-ring (bicyclic) bond motifs is 1. The molecule has 1 atom stereocenters. The molecular formula is C12H12ClN3O2S. The van der Waals surface area contributed by atoms with E-state index >= 15 is 0 Å². The molecule has 0 spiro atoms. The number of carbonyl (C=O) groups is 1. The molecule has 7 heteroatoms.